The summed E-state index contributed by atoms with van der Waals surface area (Å²) in [6.07, 6.45) is 1.93. The Hall–Kier alpha value is -2.57. The van der Waals surface area contributed by atoms with Gasteiger partial charge in [0.1, 0.15) is 11.6 Å². The van der Waals surface area contributed by atoms with Gasteiger partial charge < -0.3 is 9.64 Å². The smallest absolute Gasteiger partial charge is 0.236 e. The van der Waals surface area contributed by atoms with Crippen LogP contribution in [0.1, 0.15) is 17.2 Å². The predicted molar refractivity (Wildman–Crippen MR) is 102 cm³/mol. The van der Waals surface area contributed by atoms with Gasteiger partial charge >= 0.3 is 0 Å². The van der Waals surface area contributed by atoms with Gasteiger partial charge in [-0.2, -0.15) is 0 Å². The van der Waals surface area contributed by atoms with E-state index in [0.717, 1.165) is 17.7 Å². The maximum Gasteiger partial charge on any atom is 0.236 e. The highest BCUT2D eigenvalue weighted by Gasteiger charge is 2.31. The van der Waals surface area contributed by atoms with Crippen molar-refractivity contribution in [1.29, 1.82) is 0 Å². The molecule has 0 bridgehead atoms. The van der Waals surface area contributed by atoms with E-state index in [1.807, 2.05) is 41.3 Å². The Morgan fingerprint density at radius 2 is 1.82 bits per heavy atom. The molecule has 2 heterocycles. The molecule has 0 saturated carbocycles. The minimum absolute atomic E-state index is 0.0265. The van der Waals surface area contributed by atoms with Gasteiger partial charge in [-0.05, 0) is 29.3 Å². The van der Waals surface area contributed by atoms with E-state index in [0.29, 0.717) is 38.4 Å². The molecule has 4 rings (SSSR count). The van der Waals surface area contributed by atoms with Crippen molar-refractivity contribution in [3.8, 4) is 0 Å². The highest BCUT2D eigenvalue weighted by molar-refractivity contribution is 5.80. The van der Waals surface area contributed by atoms with Crippen molar-refractivity contribution in [3.05, 3.63) is 77.4 Å². The lowest BCUT2D eigenvalue weighted by Gasteiger charge is -2.31. The number of amides is 1. The fraction of sp³-hybridized carbons (Fsp3) is 0.318. The number of morpholine rings is 1. The number of carbonyl (C=O) groups excluding carboxylic acids is 1. The molecule has 0 aliphatic carbocycles. The summed E-state index contributed by atoms with van der Waals surface area (Å²) in [5.74, 6) is -0.907. The Morgan fingerprint density at radius 1 is 1.07 bits per heavy atom. The van der Waals surface area contributed by atoms with E-state index in [4.69, 9.17) is 4.74 Å². The van der Waals surface area contributed by atoms with Crippen LogP contribution in [-0.2, 0) is 9.53 Å². The minimum atomic E-state index is -0.476. The number of hydrogen-bond acceptors (Lipinski definition) is 3. The molecule has 0 radical (unpaired) electrons. The van der Waals surface area contributed by atoms with E-state index < -0.39 is 11.6 Å². The van der Waals surface area contributed by atoms with E-state index in [2.05, 4.69) is 0 Å². The van der Waals surface area contributed by atoms with Gasteiger partial charge in [-0.3, -0.25) is 9.69 Å². The Kier molecular flexibility index (Phi) is 5.50. The zero-order chi connectivity index (χ0) is 19.5. The molecule has 0 spiro atoms. The summed E-state index contributed by atoms with van der Waals surface area (Å²) in [5, 5.41) is 0. The third kappa shape index (κ3) is 3.98. The molecule has 1 amide bonds. The zero-order valence-corrected chi connectivity index (χ0v) is 15.5. The first kappa shape index (κ1) is 18.8. The average Bonchev–Trinajstić information content (AvgIpc) is 3.14. The SMILES string of the molecule is O=C(CN1CC(c2cc(F)ccc2F)=C[C@H]1c1ccccc1)N1CCOCC1. The molecule has 2 aromatic carbocycles. The van der Waals surface area contributed by atoms with Crippen LogP contribution in [0.15, 0.2) is 54.6 Å². The van der Waals surface area contributed by atoms with Gasteiger partial charge in [-0.25, -0.2) is 8.78 Å². The van der Waals surface area contributed by atoms with Crippen LogP contribution in [-0.4, -0.2) is 55.1 Å². The van der Waals surface area contributed by atoms with Crippen LogP contribution in [0.3, 0.4) is 0 Å². The quantitative estimate of drug-likeness (QED) is 0.811. The molecule has 1 saturated heterocycles. The van der Waals surface area contributed by atoms with Crippen LogP contribution in [0.4, 0.5) is 8.78 Å². The Labute approximate surface area is 163 Å². The monoisotopic (exact) mass is 384 g/mol. The molecule has 28 heavy (non-hydrogen) atoms. The summed E-state index contributed by atoms with van der Waals surface area (Å²) >= 11 is 0. The molecule has 1 atom stereocenters. The number of halogens is 2. The van der Waals surface area contributed by atoms with Gasteiger partial charge in [0.2, 0.25) is 5.91 Å². The highest BCUT2D eigenvalue weighted by atomic mass is 19.1. The van der Waals surface area contributed by atoms with Crippen molar-refractivity contribution < 1.29 is 18.3 Å². The Morgan fingerprint density at radius 3 is 2.57 bits per heavy atom. The van der Waals surface area contributed by atoms with Gasteiger partial charge in [0.05, 0.1) is 25.8 Å². The lowest BCUT2D eigenvalue weighted by Crippen LogP contribution is -2.45. The van der Waals surface area contributed by atoms with Crippen LogP contribution in [0.5, 0.6) is 0 Å². The van der Waals surface area contributed by atoms with Gasteiger partial charge in [0, 0.05) is 25.2 Å². The Bertz CT molecular complexity index is 879. The van der Waals surface area contributed by atoms with Crippen LogP contribution in [0.2, 0.25) is 0 Å². The van der Waals surface area contributed by atoms with Gasteiger partial charge in [0.15, 0.2) is 0 Å². The van der Waals surface area contributed by atoms with E-state index >= 15 is 0 Å². The first-order valence-corrected chi connectivity index (χ1v) is 9.42. The summed E-state index contributed by atoms with van der Waals surface area (Å²) in [5.41, 5.74) is 1.96. The van der Waals surface area contributed by atoms with E-state index in [-0.39, 0.29) is 24.1 Å². The first-order valence-electron chi connectivity index (χ1n) is 9.42. The third-order valence-corrected chi connectivity index (χ3v) is 5.24. The van der Waals surface area contributed by atoms with Crippen LogP contribution < -0.4 is 0 Å². The lowest BCUT2D eigenvalue weighted by atomic mass is 10.0. The van der Waals surface area contributed by atoms with Crippen LogP contribution >= 0.6 is 0 Å². The van der Waals surface area contributed by atoms with E-state index in [9.17, 15) is 13.6 Å². The maximum atomic E-state index is 14.3. The Balaban J connectivity index is 1.60. The molecule has 2 aliphatic heterocycles. The normalized spacial score (nSPS) is 20.3. The average molecular weight is 384 g/mol. The zero-order valence-electron chi connectivity index (χ0n) is 15.5. The molecule has 2 aromatic rings. The van der Waals surface area contributed by atoms with Crippen molar-refractivity contribution >= 4 is 11.5 Å². The number of rotatable bonds is 4. The largest absolute Gasteiger partial charge is 0.378 e. The molecule has 146 valence electrons. The second kappa shape index (κ2) is 8.20. The molecule has 1 fully saturated rings. The molecule has 0 aromatic heterocycles. The van der Waals surface area contributed by atoms with Crippen LogP contribution in [0.25, 0.3) is 5.57 Å². The van der Waals surface area contributed by atoms with E-state index in [1.165, 1.54) is 6.07 Å². The molecule has 6 heteroatoms. The first-order chi connectivity index (χ1) is 13.6. The second-order valence-corrected chi connectivity index (χ2v) is 7.07. The van der Waals surface area contributed by atoms with Gasteiger partial charge in [-0.1, -0.05) is 36.4 Å². The standard InChI is InChI=1S/C22H22F2N2O2/c23-18-6-7-20(24)19(13-18)17-12-21(16-4-2-1-3-5-16)26(14-17)15-22(27)25-8-10-28-11-9-25/h1-7,12-13,21H,8-11,14-15H2/t21-/m0/s1. The third-order valence-electron chi connectivity index (χ3n) is 5.24. The number of carbonyl (C=O) groups is 1. The summed E-state index contributed by atoms with van der Waals surface area (Å²) in [6, 6.07) is 13.1. The van der Waals surface area contributed by atoms with Crippen LogP contribution in [0, 0.1) is 11.6 Å². The molecular formula is C22H22F2N2O2. The second-order valence-electron chi connectivity index (χ2n) is 7.07. The fourth-order valence-electron chi connectivity index (χ4n) is 3.78. The van der Waals surface area contributed by atoms with Crippen molar-refractivity contribution in [1.82, 2.24) is 9.80 Å². The van der Waals surface area contributed by atoms with Gasteiger partial charge in [0.25, 0.3) is 0 Å². The molecule has 4 nitrogen and oxygen atoms in total. The predicted octanol–water partition coefficient (Wildman–Crippen LogP) is 3.26. The number of benzene rings is 2. The highest BCUT2D eigenvalue weighted by Crippen LogP contribution is 2.35. The number of hydrogen-bond donors (Lipinski definition) is 0. The van der Waals surface area contributed by atoms with Crippen molar-refractivity contribution in [3.63, 3.8) is 0 Å². The maximum absolute atomic E-state index is 14.3. The van der Waals surface area contributed by atoms with Crippen molar-refractivity contribution in [2.24, 2.45) is 0 Å². The summed E-state index contributed by atoms with van der Waals surface area (Å²) in [7, 11) is 0. The van der Waals surface area contributed by atoms with Crippen molar-refractivity contribution in [2.45, 2.75) is 6.04 Å². The topological polar surface area (TPSA) is 32.8 Å². The fourth-order valence-corrected chi connectivity index (χ4v) is 3.78. The van der Waals surface area contributed by atoms with E-state index in [1.54, 1.807) is 4.90 Å². The summed E-state index contributed by atoms with van der Waals surface area (Å²) in [6.45, 7) is 2.87. The number of nitrogens with zero attached hydrogens (tertiary/aromatic N) is 2. The summed E-state index contributed by atoms with van der Waals surface area (Å²) < 4.78 is 33.3. The summed E-state index contributed by atoms with van der Waals surface area (Å²) in [4.78, 5) is 16.6. The molecule has 0 N–H and O–H groups in total. The molecular weight excluding hydrogens is 362 g/mol. The minimum Gasteiger partial charge on any atom is -0.378 e. The lowest BCUT2D eigenvalue weighted by molar-refractivity contribution is -0.136. The van der Waals surface area contributed by atoms with Crippen molar-refractivity contribution in [2.75, 3.05) is 39.4 Å². The molecule has 0 unspecified atom stereocenters. The number of ether oxygens (including phenoxy) is 1. The molecule has 2 aliphatic rings. The van der Waals surface area contributed by atoms with Gasteiger partial charge in [-0.15, -0.1) is 0 Å².